The molecule has 0 radical (unpaired) electrons. The van der Waals surface area contributed by atoms with Gasteiger partial charge in [0.1, 0.15) is 7.85 Å². The van der Waals surface area contributed by atoms with Crippen LogP contribution >= 0.6 is 0 Å². The van der Waals surface area contributed by atoms with Crippen molar-refractivity contribution in [2.24, 2.45) is 4.99 Å². The molecule has 0 amide bonds. The highest BCUT2D eigenvalue weighted by atomic mass is 14.8. The summed E-state index contributed by atoms with van der Waals surface area (Å²) in [5, 5.41) is 0. The molecule has 1 aliphatic heterocycles. The van der Waals surface area contributed by atoms with Gasteiger partial charge in [0.15, 0.2) is 0 Å². The second kappa shape index (κ2) is 2.38. The van der Waals surface area contributed by atoms with E-state index in [0.717, 1.165) is 6.42 Å². The second-order valence-electron chi connectivity index (χ2n) is 2.81. The first kappa shape index (κ1) is 6.59. The Hall–Kier alpha value is -0.525. The number of allylic oxidation sites excluding steroid dienone is 1. The van der Waals surface area contributed by atoms with Crippen LogP contribution in [0, 0.1) is 0 Å². The Bertz CT molecular complexity index is 170. The fourth-order valence-corrected chi connectivity index (χ4v) is 1.31. The average Bonchev–Trinajstić information content (AvgIpc) is 1.59. The molecule has 0 fully saturated rings. The standard InChI is InChI=1S/C7H12BN/c1-5-3-7(8)4-6(2)9-5/h3,6H,4,8H2,1-2H3. The van der Waals surface area contributed by atoms with Gasteiger partial charge in [0.25, 0.3) is 0 Å². The lowest BCUT2D eigenvalue weighted by molar-refractivity contribution is 0.743. The molecule has 0 N–H and O–H groups in total. The smallest absolute Gasteiger partial charge is 0.134 e. The molecule has 1 atom stereocenters. The maximum absolute atomic E-state index is 4.37. The minimum atomic E-state index is 0.509. The van der Waals surface area contributed by atoms with Crippen LogP contribution < -0.4 is 0 Å². The van der Waals surface area contributed by atoms with Crippen molar-refractivity contribution in [2.45, 2.75) is 26.3 Å². The minimum Gasteiger partial charge on any atom is -0.287 e. The Morgan fingerprint density at radius 1 is 1.78 bits per heavy atom. The summed E-state index contributed by atoms with van der Waals surface area (Å²) in [7, 11) is 2.16. The van der Waals surface area contributed by atoms with Gasteiger partial charge in [-0.05, 0) is 20.3 Å². The Morgan fingerprint density at radius 2 is 2.44 bits per heavy atom. The Kier molecular flexibility index (Phi) is 1.74. The highest BCUT2D eigenvalue weighted by Crippen LogP contribution is 2.10. The molecule has 9 heavy (non-hydrogen) atoms. The largest absolute Gasteiger partial charge is 0.287 e. The van der Waals surface area contributed by atoms with Crippen molar-refractivity contribution in [3.05, 3.63) is 11.5 Å². The van der Waals surface area contributed by atoms with Gasteiger partial charge in [-0.1, -0.05) is 6.08 Å². The monoisotopic (exact) mass is 121 g/mol. The van der Waals surface area contributed by atoms with Gasteiger partial charge in [0, 0.05) is 5.71 Å². The zero-order valence-electron chi connectivity index (χ0n) is 6.31. The quantitative estimate of drug-likeness (QED) is 0.419. The summed E-state index contributed by atoms with van der Waals surface area (Å²) < 4.78 is 0. The number of nitrogens with zero attached hydrogens (tertiary/aromatic N) is 1. The average molecular weight is 121 g/mol. The number of hydrogen-bond donors (Lipinski definition) is 0. The predicted octanol–water partition coefficient (Wildman–Crippen LogP) is 0.756. The number of rotatable bonds is 0. The topological polar surface area (TPSA) is 12.4 Å². The van der Waals surface area contributed by atoms with Crippen molar-refractivity contribution >= 4 is 13.6 Å². The first-order chi connectivity index (χ1) is 4.18. The summed E-state index contributed by atoms with van der Waals surface area (Å²) in [5.74, 6) is 0. The van der Waals surface area contributed by atoms with Crippen LogP contribution in [-0.2, 0) is 0 Å². The lowest BCUT2D eigenvalue weighted by Gasteiger charge is -2.12. The molecule has 0 aromatic heterocycles. The molecule has 0 saturated heterocycles. The van der Waals surface area contributed by atoms with E-state index in [-0.39, 0.29) is 0 Å². The fraction of sp³-hybridized carbons (Fsp3) is 0.571. The second-order valence-corrected chi connectivity index (χ2v) is 2.81. The molecule has 0 saturated carbocycles. The van der Waals surface area contributed by atoms with Gasteiger partial charge in [-0.25, -0.2) is 0 Å². The molecule has 2 heteroatoms. The van der Waals surface area contributed by atoms with Gasteiger partial charge < -0.3 is 0 Å². The van der Waals surface area contributed by atoms with Crippen LogP contribution in [0.25, 0.3) is 0 Å². The predicted molar refractivity (Wildman–Crippen MR) is 43.8 cm³/mol. The summed E-state index contributed by atoms with van der Waals surface area (Å²) >= 11 is 0. The Balaban J connectivity index is 2.74. The van der Waals surface area contributed by atoms with E-state index in [4.69, 9.17) is 0 Å². The van der Waals surface area contributed by atoms with Crippen LogP contribution in [0.3, 0.4) is 0 Å². The Labute approximate surface area is 57.3 Å². The summed E-state index contributed by atoms with van der Waals surface area (Å²) in [5.41, 5.74) is 2.63. The SMILES string of the molecule is BC1=CC(C)=NC(C)C1. The molecule has 1 rings (SSSR count). The Morgan fingerprint density at radius 3 is 2.89 bits per heavy atom. The third kappa shape index (κ3) is 1.70. The van der Waals surface area contributed by atoms with Crippen molar-refractivity contribution in [1.82, 2.24) is 0 Å². The first-order valence-corrected chi connectivity index (χ1v) is 3.40. The van der Waals surface area contributed by atoms with Crippen molar-refractivity contribution in [3.63, 3.8) is 0 Å². The van der Waals surface area contributed by atoms with Crippen LogP contribution in [0.15, 0.2) is 16.5 Å². The van der Waals surface area contributed by atoms with Crippen LogP contribution in [0.1, 0.15) is 20.3 Å². The van der Waals surface area contributed by atoms with E-state index < -0.39 is 0 Å². The molecule has 1 aliphatic rings. The normalized spacial score (nSPS) is 27.1. The number of hydrogen-bond acceptors (Lipinski definition) is 1. The van der Waals surface area contributed by atoms with Crippen molar-refractivity contribution < 1.29 is 0 Å². The van der Waals surface area contributed by atoms with Gasteiger partial charge in [-0.15, -0.1) is 5.47 Å². The van der Waals surface area contributed by atoms with E-state index >= 15 is 0 Å². The van der Waals surface area contributed by atoms with Crippen molar-refractivity contribution in [1.29, 1.82) is 0 Å². The van der Waals surface area contributed by atoms with E-state index in [1.165, 1.54) is 11.2 Å². The third-order valence-corrected chi connectivity index (χ3v) is 1.50. The molecule has 0 aliphatic carbocycles. The fourth-order valence-electron chi connectivity index (χ4n) is 1.31. The molecule has 0 aromatic rings. The molecule has 0 bridgehead atoms. The molecule has 0 aromatic carbocycles. The molecule has 1 nitrogen and oxygen atoms in total. The van der Waals surface area contributed by atoms with E-state index in [2.05, 4.69) is 32.8 Å². The van der Waals surface area contributed by atoms with Crippen molar-refractivity contribution in [2.75, 3.05) is 0 Å². The number of dihydropyridines is 1. The van der Waals surface area contributed by atoms with E-state index in [0.29, 0.717) is 6.04 Å². The van der Waals surface area contributed by atoms with Crippen LogP contribution in [-0.4, -0.2) is 19.6 Å². The van der Waals surface area contributed by atoms with E-state index in [9.17, 15) is 0 Å². The maximum Gasteiger partial charge on any atom is 0.134 e. The van der Waals surface area contributed by atoms with Crippen LogP contribution in [0.5, 0.6) is 0 Å². The molecule has 1 unspecified atom stereocenters. The van der Waals surface area contributed by atoms with Gasteiger partial charge in [-0.2, -0.15) is 0 Å². The summed E-state index contributed by atoms with van der Waals surface area (Å²) in [6, 6.07) is 0.509. The molecule has 48 valence electrons. The van der Waals surface area contributed by atoms with Gasteiger partial charge >= 0.3 is 0 Å². The van der Waals surface area contributed by atoms with Crippen LogP contribution in [0.2, 0.25) is 0 Å². The van der Waals surface area contributed by atoms with Gasteiger partial charge in [0.05, 0.1) is 6.04 Å². The lowest BCUT2D eigenvalue weighted by Crippen LogP contribution is -2.09. The van der Waals surface area contributed by atoms with Gasteiger partial charge in [-0.3, -0.25) is 4.99 Å². The summed E-state index contributed by atoms with van der Waals surface area (Å²) in [6.45, 7) is 4.21. The highest BCUT2D eigenvalue weighted by Gasteiger charge is 2.05. The van der Waals surface area contributed by atoms with Crippen LogP contribution in [0.4, 0.5) is 0 Å². The zero-order valence-corrected chi connectivity index (χ0v) is 6.31. The molecular weight excluding hydrogens is 109 g/mol. The summed E-state index contributed by atoms with van der Waals surface area (Å²) in [6.07, 6.45) is 3.29. The molecular formula is C7H12BN. The zero-order chi connectivity index (χ0) is 6.85. The maximum atomic E-state index is 4.37. The highest BCUT2D eigenvalue weighted by molar-refractivity contribution is 6.24. The molecule has 1 heterocycles. The van der Waals surface area contributed by atoms with Gasteiger partial charge in [0.2, 0.25) is 0 Å². The lowest BCUT2D eigenvalue weighted by atomic mass is 9.87. The van der Waals surface area contributed by atoms with Crippen molar-refractivity contribution in [3.8, 4) is 0 Å². The first-order valence-electron chi connectivity index (χ1n) is 3.40. The number of aliphatic imine (C=N–C) groups is 1. The van der Waals surface area contributed by atoms with E-state index in [1.54, 1.807) is 0 Å². The minimum absolute atomic E-state index is 0.509. The summed E-state index contributed by atoms with van der Waals surface area (Å²) in [4.78, 5) is 4.37. The third-order valence-electron chi connectivity index (χ3n) is 1.50. The molecule has 0 spiro atoms. The van der Waals surface area contributed by atoms with E-state index in [1.807, 2.05) is 0 Å².